The Morgan fingerprint density at radius 3 is 1.09 bits per heavy atom. The van der Waals surface area contributed by atoms with E-state index in [1.165, 1.54) is 0 Å². The van der Waals surface area contributed by atoms with Crippen molar-refractivity contribution in [1.82, 2.24) is 0 Å². The first-order valence-corrected chi connectivity index (χ1v) is 13.9. The van der Waals surface area contributed by atoms with Crippen LogP contribution in [0.25, 0.3) is 0 Å². The largest absolute Gasteiger partial charge is 0.393 e. The van der Waals surface area contributed by atoms with Crippen LogP contribution in [0.5, 0.6) is 0 Å². The van der Waals surface area contributed by atoms with E-state index >= 15 is 0 Å². The molecule has 0 amide bonds. The summed E-state index contributed by atoms with van der Waals surface area (Å²) in [5.41, 5.74) is -4.80. The summed E-state index contributed by atoms with van der Waals surface area (Å²) in [4.78, 5) is 0. The number of unbranched alkanes of at least 4 members (excludes halogenated alkanes) is 12. The Morgan fingerprint density at radius 2 is 0.788 bits per heavy atom. The fourth-order valence-electron chi connectivity index (χ4n) is 4.80. The van der Waals surface area contributed by atoms with Crippen molar-refractivity contribution in [3.8, 4) is 0 Å². The van der Waals surface area contributed by atoms with Crippen LogP contribution in [0.15, 0.2) is 0 Å². The molecule has 0 aromatic rings. The van der Waals surface area contributed by atoms with E-state index in [4.69, 9.17) is 0 Å². The number of aliphatic hydroxyl groups is 6. The second-order valence-corrected chi connectivity index (χ2v) is 10.1. The van der Waals surface area contributed by atoms with Crippen LogP contribution in [0, 0.1) is 0 Å². The van der Waals surface area contributed by atoms with Crippen LogP contribution in [-0.2, 0) is 0 Å². The number of hydrogen-bond acceptors (Lipinski definition) is 6. The van der Waals surface area contributed by atoms with Gasteiger partial charge in [0.1, 0.15) is 11.2 Å². The minimum absolute atomic E-state index is 0.190. The SMILES string of the molecule is CCCCCCCC(O)C(O)(CO)C(O)(C(O)CCCCCCC)C(O)CCCCCCC. The van der Waals surface area contributed by atoms with Gasteiger partial charge in [0.2, 0.25) is 0 Å². The van der Waals surface area contributed by atoms with Gasteiger partial charge in [-0.15, -0.1) is 0 Å². The summed E-state index contributed by atoms with van der Waals surface area (Å²) >= 11 is 0. The molecular weight excluding hydrogens is 420 g/mol. The Hall–Kier alpha value is -0.240. The zero-order valence-electron chi connectivity index (χ0n) is 21.9. The molecule has 4 atom stereocenters. The molecule has 0 aromatic carbocycles. The number of rotatable bonds is 23. The molecule has 0 saturated heterocycles. The molecule has 0 aliphatic carbocycles. The van der Waals surface area contributed by atoms with Crippen LogP contribution in [0.4, 0.5) is 0 Å². The minimum Gasteiger partial charge on any atom is -0.393 e. The van der Waals surface area contributed by atoms with Gasteiger partial charge in [0.25, 0.3) is 0 Å². The third kappa shape index (κ3) is 10.9. The number of aliphatic hydroxyl groups excluding tert-OH is 4. The van der Waals surface area contributed by atoms with Crippen LogP contribution in [0.3, 0.4) is 0 Å². The van der Waals surface area contributed by atoms with Crippen molar-refractivity contribution in [1.29, 1.82) is 0 Å². The molecule has 0 spiro atoms. The summed E-state index contributed by atoms with van der Waals surface area (Å²) in [6.07, 6.45) is 10.4. The first-order chi connectivity index (χ1) is 15.8. The van der Waals surface area contributed by atoms with Gasteiger partial charge in [-0.25, -0.2) is 0 Å². The van der Waals surface area contributed by atoms with Crippen molar-refractivity contribution in [3.63, 3.8) is 0 Å². The minimum atomic E-state index is -2.40. The molecule has 33 heavy (non-hydrogen) atoms. The quantitative estimate of drug-likeness (QED) is 0.120. The molecule has 0 aliphatic rings. The molecule has 0 heterocycles. The number of hydrogen-bond donors (Lipinski definition) is 6. The molecule has 0 radical (unpaired) electrons. The second-order valence-electron chi connectivity index (χ2n) is 10.1. The molecule has 0 bridgehead atoms. The smallest absolute Gasteiger partial charge is 0.149 e. The van der Waals surface area contributed by atoms with E-state index in [1.807, 2.05) is 0 Å². The highest BCUT2D eigenvalue weighted by atomic mass is 16.4. The molecule has 0 aliphatic heterocycles. The van der Waals surface area contributed by atoms with Gasteiger partial charge >= 0.3 is 0 Å². The van der Waals surface area contributed by atoms with Gasteiger partial charge in [0.15, 0.2) is 0 Å². The van der Waals surface area contributed by atoms with Crippen LogP contribution in [-0.4, -0.2) is 66.8 Å². The van der Waals surface area contributed by atoms with Crippen molar-refractivity contribution in [2.24, 2.45) is 0 Å². The topological polar surface area (TPSA) is 121 Å². The van der Waals surface area contributed by atoms with Crippen LogP contribution in [0.2, 0.25) is 0 Å². The molecule has 4 unspecified atom stereocenters. The second kappa shape index (κ2) is 19.0. The molecule has 0 saturated carbocycles. The summed E-state index contributed by atoms with van der Waals surface area (Å²) in [5.74, 6) is 0. The maximum atomic E-state index is 11.6. The van der Waals surface area contributed by atoms with Gasteiger partial charge in [-0.3, -0.25) is 0 Å². The Bertz CT molecular complexity index is 426. The average molecular weight is 477 g/mol. The fraction of sp³-hybridized carbons (Fsp3) is 1.00. The lowest BCUT2D eigenvalue weighted by atomic mass is 9.68. The zero-order chi connectivity index (χ0) is 25.2. The zero-order valence-corrected chi connectivity index (χ0v) is 21.9. The Morgan fingerprint density at radius 1 is 0.485 bits per heavy atom. The lowest BCUT2D eigenvalue weighted by Gasteiger charge is -2.50. The van der Waals surface area contributed by atoms with Crippen molar-refractivity contribution in [3.05, 3.63) is 0 Å². The molecule has 0 aromatic heterocycles. The van der Waals surface area contributed by atoms with E-state index in [9.17, 15) is 30.6 Å². The predicted molar refractivity (Wildman–Crippen MR) is 135 cm³/mol. The predicted octanol–water partition coefficient (Wildman–Crippen LogP) is 4.61. The standard InChI is InChI=1S/C27H56O6/c1-4-7-10-13-16-19-23(29)26(32,22-28)27(33,24(30)20-17-14-11-8-5-2)25(31)21-18-15-12-9-6-3/h23-25,28-33H,4-22H2,1-3H3. The molecule has 6 heteroatoms. The highest BCUT2D eigenvalue weighted by Crippen LogP contribution is 2.38. The molecular formula is C27H56O6. The third-order valence-electron chi connectivity index (χ3n) is 7.25. The summed E-state index contributed by atoms with van der Waals surface area (Å²) in [7, 11) is 0. The average Bonchev–Trinajstić information content (AvgIpc) is 2.81. The van der Waals surface area contributed by atoms with Gasteiger partial charge in [-0.05, 0) is 19.3 Å². The van der Waals surface area contributed by atoms with Gasteiger partial charge < -0.3 is 30.6 Å². The van der Waals surface area contributed by atoms with E-state index in [0.717, 1.165) is 77.0 Å². The first kappa shape index (κ1) is 32.8. The third-order valence-corrected chi connectivity index (χ3v) is 7.25. The molecule has 200 valence electrons. The van der Waals surface area contributed by atoms with Crippen molar-refractivity contribution in [2.75, 3.05) is 6.61 Å². The van der Waals surface area contributed by atoms with Crippen LogP contribution in [0.1, 0.15) is 136 Å². The monoisotopic (exact) mass is 476 g/mol. The van der Waals surface area contributed by atoms with Crippen molar-refractivity contribution >= 4 is 0 Å². The molecule has 6 nitrogen and oxygen atoms in total. The van der Waals surface area contributed by atoms with Crippen molar-refractivity contribution < 1.29 is 30.6 Å². The van der Waals surface area contributed by atoms with E-state index < -0.39 is 36.1 Å². The maximum Gasteiger partial charge on any atom is 0.149 e. The van der Waals surface area contributed by atoms with Gasteiger partial charge in [0.05, 0.1) is 24.9 Å². The fourth-order valence-corrected chi connectivity index (χ4v) is 4.80. The van der Waals surface area contributed by atoms with Gasteiger partial charge in [0, 0.05) is 0 Å². The molecule has 6 N–H and O–H groups in total. The van der Waals surface area contributed by atoms with Gasteiger partial charge in [-0.1, -0.05) is 117 Å². The van der Waals surface area contributed by atoms with E-state index in [1.54, 1.807) is 0 Å². The summed E-state index contributed by atoms with van der Waals surface area (Å²) in [6, 6.07) is 0. The van der Waals surface area contributed by atoms with E-state index in [2.05, 4.69) is 20.8 Å². The Balaban J connectivity index is 5.40. The van der Waals surface area contributed by atoms with Gasteiger partial charge in [-0.2, -0.15) is 0 Å². The van der Waals surface area contributed by atoms with E-state index in [-0.39, 0.29) is 19.3 Å². The lowest BCUT2D eigenvalue weighted by molar-refractivity contribution is -0.287. The molecule has 0 fully saturated rings. The summed E-state index contributed by atoms with van der Waals surface area (Å²) in [6.45, 7) is 5.43. The van der Waals surface area contributed by atoms with Crippen LogP contribution >= 0.6 is 0 Å². The summed E-state index contributed by atoms with van der Waals surface area (Å²) < 4.78 is 0. The highest BCUT2D eigenvalue weighted by molar-refractivity contribution is 5.11. The van der Waals surface area contributed by atoms with Crippen LogP contribution < -0.4 is 0 Å². The van der Waals surface area contributed by atoms with Crippen molar-refractivity contribution in [2.45, 2.75) is 166 Å². The Labute approximate surface area is 203 Å². The Kier molecular flexibility index (Phi) is 18.9. The maximum absolute atomic E-state index is 11.6. The first-order valence-electron chi connectivity index (χ1n) is 13.9. The normalized spacial score (nSPS) is 18.5. The van der Waals surface area contributed by atoms with E-state index in [0.29, 0.717) is 19.3 Å². The highest BCUT2D eigenvalue weighted by Gasteiger charge is 2.60. The summed E-state index contributed by atoms with van der Waals surface area (Å²) in [5, 5.41) is 65.9. The lowest BCUT2D eigenvalue weighted by Crippen LogP contribution is -2.73. The molecule has 0 rings (SSSR count).